The van der Waals surface area contributed by atoms with E-state index in [1.165, 1.54) is 0 Å². The first kappa shape index (κ1) is 16.3. The van der Waals surface area contributed by atoms with Crippen LogP contribution in [-0.2, 0) is 20.1 Å². The van der Waals surface area contributed by atoms with Crippen molar-refractivity contribution < 1.29 is 14.6 Å². The SMILES string of the molecule is COc1cccc(OC)c1CN(CCO)Cc1cncn1C. The van der Waals surface area contributed by atoms with Gasteiger partial charge in [0.15, 0.2) is 0 Å². The molecule has 0 aliphatic heterocycles. The normalized spacial score (nSPS) is 11.0. The molecule has 6 nitrogen and oxygen atoms in total. The summed E-state index contributed by atoms with van der Waals surface area (Å²) in [5.74, 6) is 1.57. The number of methoxy groups -OCH3 is 2. The highest BCUT2D eigenvalue weighted by Gasteiger charge is 2.15. The number of aliphatic hydroxyl groups excluding tert-OH is 1. The Morgan fingerprint density at radius 1 is 1.18 bits per heavy atom. The molecular weight excluding hydrogens is 282 g/mol. The van der Waals surface area contributed by atoms with Crippen LogP contribution in [0.4, 0.5) is 0 Å². The van der Waals surface area contributed by atoms with Gasteiger partial charge in [0.2, 0.25) is 0 Å². The van der Waals surface area contributed by atoms with E-state index in [0.717, 1.165) is 22.8 Å². The minimum absolute atomic E-state index is 0.0926. The Hall–Kier alpha value is -2.05. The van der Waals surface area contributed by atoms with Crippen molar-refractivity contribution in [2.24, 2.45) is 7.05 Å². The van der Waals surface area contributed by atoms with Crippen LogP contribution in [0.2, 0.25) is 0 Å². The fraction of sp³-hybridized carbons (Fsp3) is 0.438. The predicted molar refractivity (Wildman–Crippen MR) is 84.0 cm³/mol. The average molecular weight is 305 g/mol. The minimum Gasteiger partial charge on any atom is -0.496 e. The second-order valence-electron chi connectivity index (χ2n) is 5.07. The van der Waals surface area contributed by atoms with E-state index in [1.54, 1.807) is 20.5 Å². The van der Waals surface area contributed by atoms with Crippen LogP contribution in [0, 0.1) is 0 Å². The number of ether oxygens (including phenoxy) is 2. The van der Waals surface area contributed by atoms with E-state index in [2.05, 4.69) is 9.88 Å². The predicted octanol–water partition coefficient (Wildman–Crippen LogP) is 1.43. The van der Waals surface area contributed by atoms with E-state index in [0.29, 0.717) is 19.6 Å². The smallest absolute Gasteiger partial charge is 0.127 e. The quantitative estimate of drug-likeness (QED) is 0.799. The first-order valence-electron chi connectivity index (χ1n) is 7.17. The lowest BCUT2D eigenvalue weighted by Gasteiger charge is -2.23. The van der Waals surface area contributed by atoms with Crippen molar-refractivity contribution in [1.82, 2.24) is 14.5 Å². The second kappa shape index (κ2) is 7.82. The van der Waals surface area contributed by atoms with Crippen molar-refractivity contribution in [2.75, 3.05) is 27.4 Å². The second-order valence-corrected chi connectivity index (χ2v) is 5.07. The fourth-order valence-electron chi connectivity index (χ4n) is 2.43. The van der Waals surface area contributed by atoms with Gasteiger partial charge < -0.3 is 19.1 Å². The third kappa shape index (κ3) is 3.78. The number of imidazole rings is 1. The van der Waals surface area contributed by atoms with E-state index in [9.17, 15) is 5.11 Å². The Bertz CT molecular complexity index is 576. The summed E-state index contributed by atoms with van der Waals surface area (Å²) in [4.78, 5) is 6.27. The van der Waals surface area contributed by atoms with Crippen LogP contribution in [0.15, 0.2) is 30.7 Å². The highest BCUT2D eigenvalue weighted by Crippen LogP contribution is 2.29. The number of rotatable bonds is 8. The molecule has 0 saturated carbocycles. The van der Waals surface area contributed by atoms with Gasteiger partial charge in [0.1, 0.15) is 11.5 Å². The summed E-state index contributed by atoms with van der Waals surface area (Å²) in [5, 5.41) is 9.34. The number of nitrogens with zero attached hydrogens (tertiary/aromatic N) is 3. The minimum atomic E-state index is 0.0926. The molecule has 0 spiro atoms. The van der Waals surface area contributed by atoms with Crippen molar-refractivity contribution in [3.8, 4) is 11.5 Å². The largest absolute Gasteiger partial charge is 0.496 e. The molecule has 0 radical (unpaired) electrons. The van der Waals surface area contributed by atoms with Crippen molar-refractivity contribution in [3.05, 3.63) is 42.0 Å². The summed E-state index contributed by atoms with van der Waals surface area (Å²) in [5.41, 5.74) is 2.06. The lowest BCUT2D eigenvalue weighted by Crippen LogP contribution is -2.27. The highest BCUT2D eigenvalue weighted by molar-refractivity contribution is 5.44. The van der Waals surface area contributed by atoms with E-state index in [-0.39, 0.29) is 6.61 Å². The van der Waals surface area contributed by atoms with Crippen molar-refractivity contribution in [2.45, 2.75) is 13.1 Å². The average Bonchev–Trinajstić information content (AvgIpc) is 2.92. The van der Waals surface area contributed by atoms with Crippen LogP contribution in [0.5, 0.6) is 11.5 Å². The zero-order valence-electron chi connectivity index (χ0n) is 13.3. The molecule has 0 fully saturated rings. The summed E-state index contributed by atoms with van der Waals surface area (Å²) in [6.07, 6.45) is 3.61. The number of benzene rings is 1. The molecule has 0 bridgehead atoms. The zero-order chi connectivity index (χ0) is 15.9. The van der Waals surface area contributed by atoms with Gasteiger partial charge in [0.05, 0.1) is 38.4 Å². The molecule has 2 aromatic rings. The van der Waals surface area contributed by atoms with Gasteiger partial charge in [0, 0.05) is 32.9 Å². The summed E-state index contributed by atoms with van der Waals surface area (Å²) >= 11 is 0. The van der Waals surface area contributed by atoms with Gasteiger partial charge in [-0.25, -0.2) is 4.98 Å². The molecule has 1 heterocycles. The topological polar surface area (TPSA) is 59.8 Å². The molecule has 0 saturated heterocycles. The van der Waals surface area contributed by atoms with Crippen LogP contribution >= 0.6 is 0 Å². The molecule has 22 heavy (non-hydrogen) atoms. The molecule has 0 aliphatic carbocycles. The fourth-order valence-corrected chi connectivity index (χ4v) is 2.43. The Morgan fingerprint density at radius 3 is 2.36 bits per heavy atom. The monoisotopic (exact) mass is 305 g/mol. The van der Waals surface area contributed by atoms with Gasteiger partial charge in [-0.3, -0.25) is 4.90 Å². The van der Waals surface area contributed by atoms with Gasteiger partial charge in [-0.15, -0.1) is 0 Å². The van der Waals surface area contributed by atoms with Crippen LogP contribution in [-0.4, -0.2) is 46.9 Å². The molecule has 0 amide bonds. The summed E-state index contributed by atoms with van der Waals surface area (Å²) in [6.45, 7) is 1.97. The number of hydrogen-bond donors (Lipinski definition) is 1. The lowest BCUT2D eigenvalue weighted by molar-refractivity contribution is 0.178. The van der Waals surface area contributed by atoms with Gasteiger partial charge in [0.25, 0.3) is 0 Å². The standard InChI is InChI=1S/C16H23N3O3/c1-18-12-17-9-13(18)10-19(7-8-20)11-14-15(21-2)5-4-6-16(14)22-3/h4-6,9,12,20H,7-8,10-11H2,1-3H3. The first-order valence-corrected chi connectivity index (χ1v) is 7.17. The first-order chi connectivity index (χ1) is 10.7. The summed E-state index contributed by atoms with van der Waals surface area (Å²) < 4.78 is 12.9. The molecule has 1 N–H and O–H groups in total. The van der Waals surface area contributed by atoms with Crippen molar-refractivity contribution in [1.29, 1.82) is 0 Å². The molecule has 6 heteroatoms. The molecular formula is C16H23N3O3. The molecule has 1 aromatic heterocycles. The molecule has 0 atom stereocenters. The zero-order valence-corrected chi connectivity index (χ0v) is 13.3. The van der Waals surface area contributed by atoms with Crippen LogP contribution < -0.4 is 9.47 Å². The van der Waals surface area contributed by atoms with E-state index in [4.69, 9.17) is 9.47 Å². The third-order valence-corrected chi connectivity index (χ3v) is 3.63. The lowest BCUT2D eigenvalue weighted by atomic mass is 10.1. The Kier molecular flexibility index (Phi) is 5.80. The van der Waals surface area contributed by atoms with Gasteiger partial charge in [-0.05, 0) is 12.1 Å². The molecule has 120 valence electrons. The maximum atomic E-state index is 9.34. The van der Waals surface area contributed by atoms with Crippen LogP contribution in [0.3, 0.4) is 0 Å². The van der Waals surface area contributed by atoms with Gasteiger partial charge >= 0.3 is 0 Å². The van der Waals surface area contributed by atoms with Crippen LogP contribution in [0.1, 0.15) is 11.3 Å². The third-order valence-electron chi connectivity index (χ3n) is 3.63. The highest BCUT2D eigenvalue weighted by atomic mass is 16.5. The molecule has 1 aromatic carbocycles. The van der Waals surface area contributed by atoms with E-state index in [1.807, 2.05) is 36.0 Å². The van der Waals surface area contributed by atoms with Crippen molar-refractivity contribution >= 4 is 0 Å². The molecule has 0 aliphatic rings. The maximum absolute atomic E-state index is 9.34. The number of aromatic nitrogens is 2. The van der Waals surface area contributed by atoms with Crippen LogP contribution in [0.25, 0.3) is 0 Å². The van der Waals surface area contributed by atoms with Gasteiger partial charge in [-0.1, -0.05) is 6.07 Å². The molecule has 0 unspecified atom stereocenters. The summed E-state index contributed by atoms with van der Waals surface area (Å²) in [6, 6.07) is 5.73. The number of hydrogen-bond acceptors (Lipinski definition) is 5. The van der Waals surface area contributed by atoms with E-state index >= 15 is 0 Å². The number of aliphatic hydroxyl groups is 1. The molecule has 2 rings (SSSR count). The summed E-state index contributed by atoms with van der Waals surface area (Å²) in [7, 11) is 5.26. The Labute approximate surface area is 130 Å². The Morgan fingerprint density at radius 2 is 1.86 bits per heavy atom. The Balaban J connectivity index is 2.22. The maximum Gasteiger partial charge on any atom is 0.127 e. The van der Waals surface area contributed by atoms with Crippen molar-refractivity contribution in [3.63, 3.8) is 0 Å². The van der Waals surface area contributed by atoms with E-state index < -0.39 is 0 Å². The van der Waals surface area contributed by atoms with Gasteiger partial charge in [-0.2, -0.15) is 0 Å². The number of aryl methyl sites for hydroxylation is 1.